The summed E-state index contributed by atoms with van der Waals surface area (Å²) in [6, 6.07) is 7.97. The molecule has 0 saturated heterocycles. The first-order valence-electron chi connectivity index (χ1n) is 6.51. The van der Waals surface area contributed by atoms with E-state index in [-0.39, 0.29) is 5.56 Å². The van der Waals surface area contributed by atoms with Crippen molar-refractivity contribution in [1.82, 2.24) is 9.88 Å². The number of hydrogen-bond acceptors (Lipinski definition) is 4. The largest absolute Gasteiger partial charge is 0.478 e. The fraction of sp³-hybridized carbons (Fsp3) is 0.333. The highest BCUT2D eigenvalue weighted by Gasteiger charge is 2.12. The van der Waals surface area contributed by atoms with Crippen molar-refractivity contribution >= 4 is 17.3 Å². The molecule has 0 saturated carbocycles. The van der Waals surface area contributed by atoms with Crippen LogP contribution in [-0.4, -0.2) is 27.0 Å². The van der Waals surface area contributed by atoms with E-state index >= 15 is 0 Å². The van der Waals surface area contributed by atoms with E-state index in [0.717, 1.165) is 18.8 Å². The van der Waals surface area contributed by atoms with Crippen molar-refractivity contribution in [2.75, 3.05) is 0 Å². The van der Waals surface area contributed by atoms with Gasteiger partial charge in [-0.2, -0.15) is 0 Å². The fourth-order valence-electron chi connectivity index (χ4n) is 1.88. The molecule has 106 valence electrons. The van der Waals surface area contributed by atoms with E-state index < -0.39 is 5.97 Å². The highest BCUT2D eigenvalue weighted by molar-refractivity contribution is 7.09. The van der Waals surface area contributed by atoms with Crippen LogP contribution >= 0.6 is 11.3 Å². The highest BCUT2D eigenvalue weighted by atomic mass is 32.1. The first kappa shape index (κ1) is 14.7. The molecule has 0 spiro atoms. The Kier molecular flexibility index (Phi) is 4.87. The average molecular weight is 290 g/mol. The van der Waals surface area contributed by atoms with Gasteiger partial charge in [-0.3, -0.25) is 9.88 Å². The molecule has 0 aromatic carbocycles. The summed E-state index contributed by atoms with van der Waals surface area (Å²) in [5.74, 6) is -0.941. The van der Waals surface area contributed by atoms with E-state index in [0.29, 0.717) is 6.04 Å². The molecule has 5 heteroatoms. The van der Waals surface area contributed by atoms with Gasteiger partial charge in [0.05, 0.1) is 11.3 Å². The summed E-state index contributed by atoms with van der Waals surface area (Å²) in [5, 5.41) is 10.9. The number of carboxylic acids is 1. The number of aromatic carboxylic acids is 1. The van der Waals surface area contributed by atoms with Crippen LogP contribution in [0.15, 0.2) is 35.8 Å². The topological polar surface area (TPSA) is 53.4 Å². The van der Waals surface area contributed by atoms with Crippen molar-refractivity contribution in [2.24, 2.45) is 0 Å². The SMILES string of the molecule is CC(C)N(Cc1ccc(C(=O)O)cn1)Cc1cccs1. The van der Waals surface area contributed by atoms with Crippen LogP contribution in [0.5, 0.6) is 0 Å². The van der Waals surface area contributed by atoms with Crippen molar-refractivity contribution in [3.63, 3.8) is 0 Å². The average Bonchev–Trinajstić information content (AvgIpc) is 2.91. The van der Waals surface area contributed by atoms with E-state index in [1.807, 2.05) is 0 Å². The van der Waals surface area contributed by atoms with Crippen LogP contribution in [0.2, 0.25) is 0 Å². The number of nitrogens with zero attached hydrogens (tertiary/aromatic N) is 2. The summed E-state index contributed by atoms with van der Waals surface area (Å²) in [6.07, 6.45) is 1.42. The van der Waals surface area contributed by atoms with Crippen LogP contribution < -0.4 is 0 Å². The van der Waals surface area contributed by atoms with Gasteiger partial charge in [0, 0.05) is 30.2 Å². The maximum Gasteiger partial charge on any atom is 0.337 e. The van der Waals surface area contributed by atoms with Gasteiger partial charge < -0.3 is 5.11 Å². The Morgan fingerprint density at radius 3 is 2.65 bits per heavy atom. The third-order valence-electron chi connectivity index (χ3n) is 3.11. The van der Waals surface area contributed by atoms with Crippen molar-refractivity contribution in [3.8, 4) is 0 Å². The molecule has 0 aliphatic heterocycles. The first-order chi connectivity index (χ1) is 9.56. The van der Waals surface area contributed by atoms with Crippen molar-refractivity contribution in [2.45, 2.75) is 33.0 Å². The van der Waals surface area contributed by atoms with Crippen LogP contribution in [0.1, 0.15) is 34.8 Å². The highest BCUT2D eigenvalue weighted by Crippen LogP contribution is 2.16. The standard InChI is InChI=1S/C15H18N2O2S/c1-11(2)17(10-14-4-3-7-20-14)9-13-6-5-12(8-16-13)15(18)19/h3-8,11H,9-10H2,1-2H3,(H,18,19). The maximum atomic E-state index is 10.8. The lowest BCUT2D eigenvalue weighted by Gasteiger charge is -2.25. The number of thiophene rings is 1. The predicted octanol–water partition coefficient (Wildman–Crippen LogP) is 3.25. The van der Waals surface area contributed by atoms with Gasteiger partial charge in [0.1, 0.15) is 0 Å². The number of carboxylic acid groups (broad SMARTS) is 1. The molecule has 2 heterocycles. The second-order valence-electron chi connectivity index (χ2n) is 4.92. The molecule has 0 bridgehead atoms. The van der Waals surface area contributed by atoms with E-state index in [4.69, 9.17) is 5.11 Å². The van der Waals surface area contributed by atoms with Gasteiger partial charge >= 0.3 is 5.97 Å². The van der Waals surface area contributed by atoms with Gasteiger partial charge in [-0.25, -0.2) is 4.79 Å². The lowest BCUT2D eigenvalue weighted by Crippen LogP contribution is -2.29. The second kappa shape index (κ2) is 6.63. The second-order valence-corrected chi connectivity index (χ2v) is 5.95. The number of rotatable bonds is 6. The summed E-state index contributed by atoms with van der Waals surface area (Å²) < 4.78 is 0. The lowest BCUT2D eigenvalue weighted by atomic mass is 10.2. The van der Waals surface area contributed by atoms with E-state index in [9.17, 15) is 4.79 Å². The van der Waals surface area contributed by atoms with Crippen molar-refractivity contribution in [1.29, 1.82) is 0 Å². The van der Waals surface area contributed by atoms with Crippen LogP contribution in [0, 0.1) is 0 Å². The minimum Gasteiger partial charge on any atom is -0.478 e. The normalized spacial score (nSPS) is 11.2. The molecular weight excluding hydrogens is 272 g/mol. The van der Waals surface area contributed by atoms with Crippen LogP contribution in [0.3, 0.4) is 0 Å². The third kappa shape index (κ3) is 3.88. The predicted molar refractivity (Wildman–Crippen MR) is 79.9 cm³/mol. The minimum absolute atomic E-state index is 0.225. The molecule has 4 nitrogen and oxygen atoms in total. The molecule has 0 unspecified atom stereocenters. The molecule has 2 aromatic heterocycles. The van der Waals surface area contributed by atoms with Crippen LogP contribution in [0.25, 0.3) is 0 Å². The summed E-state index contributed by atoms with van der Waals surface area (Å²) >= 11 is 1.75. The van der Waals surface area contributed by atoms with Crippen molar-refractivity contribution < 1.29 is 9.90 Å². The Bertz CT molecular complexity index is 550. The third-order valence-corrected chi connectivity index (χ3v) is 3.97. The Labute approximate surface area is 122 Å². The van der Waals surface area contributed by atoms with E-state index in [2.05, 4.69) is 41.2 Å². The molecule has 0 atom stereocenters. The molecule has 0 radical (unpaired) electrons. The molecule has 2 aromatic rings. The molecule has 0 aliphatic carbocycles. The summed E-state index contributed by atoms with van der Waals surface area (Å²) in [6.45, 7) is 5.91. The first-order valence-corrected chi connectivity index (χ1v) is 7.39. The molecule has 2 rings (SSSR count). The zero-order valence-electron chi connectivity index (χ0n) is 11.6. The number of aromatic nitrogens is 1. The number of pyridine rings is 1. The van der Waals surface area contributed by atoms with Gasteiger partial charge in [0.2, 0.25) is 0 Å². The molecule has 20 heavy (non-hydrogen) atoms. The summed E-state index contributed by atoms with van der Waals surface area (Å²) in [7, 11) is 0. The van der Waals surface area contributed by atoms with Gasteiger partial charge in [-0.15, -0.1) is 11.3 Å². The molecule has 0 fully saturated rings. The van der Waals surface area contributed by atoms with Crippen LogP contribution in [0.4, 0.5) is 0 Å². The summed E-state index contributed by atoms with van der Waals surface area (Å²) in [4.78, 5) is 18.7. The number of hydrogen-bond donors (Lipinski definition) is 1. The summed E-state index contributed by atoms with van der Waals surface area (Å²) in [5.41, 5.74) is 1.11. The molecule has 1 N–H and O–H groups in total. The van der Waals surface area contributed by atoms with Gasteiger partial charge in [0.25, 0.3) is 0 Å². The zero-order valence-corrected chi connectivity index (χ0v) is 12.4. The molecular formula is C15H18N2O2S. The smallest absolute Gasteiger partial charge is 0.337 e. The Morgan fingerprint density at radius 1 is 1.35 bits per heavy atom. The Hall–Kier alpha value is -1.72. The molecule has 0 aliphatic rings. The monoisotopic (exact) mass is 290 g/mol. The molecule has 0 amide bonds. The Balaban J connectivity index is 2.06. The lowest BCUT2D eigenvalue weighted by molar-refractivity contribution is 0.0696. The maximum absolute atomic E-state index is 10.8. The van der Waals surface area contributed by atoms with E-state index in [1.54, 1.807) is 23.5 Å². The van der Waals surface area contributed by atoms with Crippen LogP contribution in [-0.2, 0) is 13.1 Å². The minimum atomic E-state index is -0.941. The van der Waals surface area contributed by atoms with Gasteiger partial charge in [-0.1, -0.05) is 6.07 Å². The fourth-order valence-corrected chi connectivity index (χ4v) is 2.61. The quantitative estimate of drug-likeness (QED) is 0.887. The Morgan fingerprint density at radius 2 is 2.15 bits per heavy atom. The van der Waals surface area contributed by atoms with Crippen molar-refractivity contribution in [3.05, 3.63) is 52.0 Å². The van der Waals surface area contributed by atoms with Gasteiger partial charge in [0.15, 0.2) is 0 Å². The number of carbonyl (C=O) groups is 1. The van der Waals surface area contributed by atoms with Gasteiger partial charge in [-0.05, 0) is 37.4 Å². The zero-order chi connectivity index (χ0) is 14.5. The van der Waals surface area contributed by atoms with E-state index in [1.165, 1.54) is 11.1 Å².